The number of carbonyl (C=O) groups excluding carboxylic acids is 3. The molecule has 0 aliphatic heterocycles. The molecule has 6 nitrogen and oxygen atoms in total. The summed E-state index contributed by atoms with van der Waals surface area (Å²) in [6.45, 7) is 7.84. The SMILES string of the molecule is CCOC1C(=O)C23C(O)CC4C(C)(C)C(=O)CCC4(C)C2C(=O)CC1C3O. The van der Waals surface area contributed by atoms with Gasteiger partial charge in [-0.15, -0.1) is 0 Å². The second kappa shape index (κ2) is 5.71. The summed E-state index contributed by atoms with van der Waals surface area (Å²) in [5.74, 6) is -1.82. The van der Waals surface area contributed by atoms with E-state index < -0.39 is 46.4 Å². The molecule has 0 saturated heterocycles. The zero-order valence-electron chi connectivity index (χ0n) is 16.5. The molecule has 4 fully saturated rings. The molecule has 6 heteroatoms. The van der Waals surface area contributed by atoms with Gasteiger partial charge in [0.15, 0.2) is 5.78 Å². The van der Waals surface area contributed by atoms with Gasteiger partial charge in [-0.25, -0.2) is 0 Å². The lowest BCUT2D eigenvalue weighted by Crippen LogP contribution is -2.70. The van der Waals surface area contributed by atoms with E-state index in [0.29, 0.717) is 19.4 Å². The lowest BCUT2D eigenvalue weighted by Gasteiger charge is -2.63. The lowest BCUT2D eigenvalue weighted by molar-refractivity contribution is -0.219. The Morgan fingerprint density at radius 1 is 1.15 bits per heavy atom. The molecule has 0 amide bonds. The van der Waals surface area contributed by atoms with Crippen LogP contribution in [0.25, 0.3) is 0 Å². The van der Waals surface area contributed by atoms with E-state index in [-0.39, 0.29) is 36.1 Å². The molecule has 4 aliphatic rings. The molecule has 4 rings (SSSR count). The predicted octanol–water partition coefficient (Wildman–Crippen LogP) is 1.30. The van der Waals surface area contributed by atoms with Crippen molar-refractivity contribution in [2.45, 2.75) is 71.7 Å². The van der Waals surface area contributed by atoms with Crippen LogP contribution in [0.1, 0.15) is 53.4 Å². The Morgan fingerprint density at radius 2 is 1.81 bits per heavy atom. The molecule has 2 N–H and O–H groups in total. The highest BCUT2D eigenvalue weighted by atomic mass is 16.5. The van der Waals surface area contributed by atoms with Gasteiger partial charge in [0.2, 0.25) is 0 Å². The fourth-order valence-corrected chi connectivity index (χ4v) is 7.33. The van der Waals surface area contributed by atoms with Crippen LogP contribution in [0.15, 0.2) is 0 Å². The van der Waals surface area contributed by atoms with Crippen molar-refractivity contribution >= 4 is 17.3 Å². The number of hydrogen-bond donors (Lipinski definition) is 2. The highest BCUT2D eigenvalue weighted by Gasteiger charge is 2.78. The second-order valence-corrected chi connectivity index (χ2v) is 9.84. The molecule has 1 spiro atoms. The molecular weight excluding hydrogens is 348 g/mol. The third-order valence-electron chi connectivity index (χ3n) is 8.50. The standard InChI is InChI=1S/C21H30O6/c1-5-27-15-10-8-11(22)16-20(4)7-6-13(23)19(2,3)12(20)9-14(24)21(16,17(10)25)18(15)26/h10,12,14-17,24-25H,5-9H2,1-4H3. The molecule has 0 aromatic carbocycles. The molecule has 27 heavy (non-hydrogen) atoms. The minimum atomic E-state index is -1.50. The summed E-state index contributed by atoms with van der Waals surface area (Å²) in [5, 5.41) is 22.4. The first-order valence-corrected chi connectivity index (χ1v) is 10.1. The van der Waals surface area contributed by atoms with Crippen LogP contribution in [-0.2, 0) is 19.1 Å². The molecule has 0 aromatic heterocycles. The van der Waals surface area contributed by atoms with E-state index >= 15 is 0 Å². The van der Waals surface area contributed by atoms with Crippen LogP contribution in [0.2, 0.25) is 0 Å². The van der Waals surface area contributed by atoms with Gasteiger partial charge in [-0.2, -0.15) is 0 Å². The van der Waals surface area contributed by atoms with Gasteiger partial charge in [-0.1, -0.05) is 20.8 Å². The molecule has 2 bridgehead atoms. The van der Waals surface area contributed by atoms with Crippen molar-refractivity contribution in [3.05, 3.63) is 0 Å². The van der Waals surface area contributed by atoms with Crippen LogP contribution < -0.4 is 0 Å². The van der Waals surface area contributed by atoms with Crippen LogP contribution in [0.3, 0.4) is 0 Å². The summed E-state index contributed by atoms with van der Waals surface area (Å²) in [6.07, 6.45) is -1.87. The highest BCUT2D eigenvalue weighted by molar-refractivity contribution is 6.02. The van der Waals surface area contributed by atoms with Gasteiger partial charge in [0.25, 0.3) is 0 Å². The smallest absolute Gasteiger partial charge is 0.174 e. The van der Waals surface area contributed by atoms with E-state index in [1.54, 1.807) is 6.92 Å². The molecule has 4 aliphatic carbocycles. The normalized spacial score (nSPS) is 51.1. The Bertz CT molecular complexity index is 713. The minimum Gasteiger partial charge on any atom is -0.392 e. The second-order valence-electron chi connectivity index (χ2n) is 9.84. The molecule has 4 saturated carbocycles. The van der Waals surface area contributed by atoms with Gasteiger partial charge in [0.1, 0.15) is 17.7 Å². The maximum absolute atomic E-state index is 13.5. The topological polar surface area (TPSA) is 101 Å². The first kappa shape index (κ1) is 19.2. The molecule has 0 heterocycles. The lowest BCUT2D eigenvalue weighted by atomic mass is 9.39. The van der Waals surface area contributed by atoms with Crippen molar-refractivity contribution in [1.29, 1.82) is 0 Å². The van der Waals surface area contributed by atoms with E-state index in [1.165, 1.54) is 0 Å². The molecule has 0 aromatic rings. The van der Waals surface area contributed by atoms with E-state index in [0.717, 1.165) is 0 Å². The number of Topliss-reactive ketones (excluding diaryl/α,β-unsaturated/α-hetero) is 3. The van der Waals surface area contributed by atoms with Crippen LogP contribution in [-0.4, -0.2) is 52.5 Å². The van der Waals surface area contributed by atoms with E-state index in [4.69, 9.17) is 4.74 Å². The van der Waals surface area contributed by atoms with Gasteiger partial charge >= 0.3 is 0 Å². The van der Waals surface area contributed by atoms with Crippen LogP contribution >= 0.6 is 0 Å². The monoisotopic (exact) mass is 378 g/mol. The maximum atomic E-state index is 13.5. The van der Waals surface area contributed by atoms with Gasteiger partial charge < -0.3 is 14.9 Å². The van der Waals surface area contributed by atoms with Crippen molar-refractivity contribution in [1.82, 2.24) is 0 Å². The number of fused-ring (bicyclic) bond motifs is 3. The molecule has 8 atom stereocenters. The summed E-state index contributed by atoms with van der Waals surface area (Å²) in [5.41, 5.74) is -2.77. The largest absolute Gasteiger partial charge is 0.392 e. The highest BCUT2D eigenvalue weighted by Crippen LogP contribution is 2.69. The summed E-state index contributed by atoms with van der Waals surface area (Å²) in [4.78, 5) is 39.4. The summed E-state index contributed by atoms with van der Waals surface area (Å²) >= 11 is 0. The first-order valence-electron chi connectivity index (χ1n) is 10.1. The number of ether oxygens (including phenoxy) is 1. The van der Waals surface area contributed by atoms with E-state index in [9.17, 15) is 24.6 Å². The summed E-state index contributed by atoms with van der Waals surface area (Å²) < 4.78 is 5.64. The fraction of sp³-hybridized carbons (Fsp3) is 0.857. The van der Waals surface area contributed by atoms with Gasteiger partial charge in [0, 0.05) is 36.7 Å². The van der Waals surface area contributed by atoms with E-state index in [2.05, 4.69) is 0 Å². The van der Waals surface area contributed by atoms with Crippen molar-refractivity contribution in [3.63, 3.8) is 0 Å². The Kier molecular flexibility index (Phi) is 4.06. The van der Waals surface area contributed by atoms with Crippen LogP contribution in [0, 0.1) is 34.0 Å². The molecular formula is C21H30O6. The number of ketones is 3. The van der Waals surface area contributed by atoms with Crippen molar-refractivity contribution in [2.75, 3.05) is 6.61 Å². The van der Waals surface area contributed by atoms with Crippen molar-refractivity contribution in [3.8, 4) is 0 Å². The maximum Gasteiger partial charge on any atom is 0.174 e. The zero-order chi connectivity index (χ0) is 19.9. The number of carbonyl (C=O) groups is 3. The van der Waals surface area contributed by atoms with E-state index in [1.807, 2.05) is 20.8 Å². The third-order valence-corrected chi connectivity index (χ3v) is 8.50. The summed E-state index contributed by atoms with van der Waals surface area (Å²) in [6, 6.07) is 0. The number of rotatable bonds is 2. The Balaban J connectivity index is 1.89. The Labute approximate surface area is 159 Å². The van der Waals surface area contributed by atoms with Gasteiger partial charge in [-0.3, -0.25) is 14.4 Å². The average molecular weight is 378 g/mol. The quantitative estimate of drug-likeness (QED) is 0.751. The average Bonchev–Trinajstić information content (AvgIpc) is 2.72. The van der Waals surface area contributed by atoms with Crippen molar-refractivity contribution in [2.24, 2.45) is 34.0 Å². The predicted molar refractivity (Wildman–Crippen MR) is 95.7 cm³/mol. The minimum absolute atomic E-state index is 0.0720. The number of hydrogen-bond acceptors (Lipinski definition) is 6. The van der Waals surface area contributed by atoms with Crippen molar-refractivity contribution < 1.29 is 29.3 Å². The zero-order valence-corrected chi connectivity index (χ0v) is 16.5. The molecule has 8 unspecified atom stereocenters. The molecule has 0 radical (unpaired) electrons. The Morgan fingerprint density at radius 3 is 2.44 bits per heavy atom. The Hall–Kier alpha value is -1.11. The van der Waals surface area contributed by atoms with Crippen LogP contribution in [0.4, 0.5) is 0 Å². The molecule has 150 valence electrons. The first-order chi connectivity index (χ1) is 12.5. The number of aliphatic hydroxyl groups excluding tert-OH is 2. The van der Waals surface area contributed by atoms with Crippen LogP contribution in [0.5, 0.6) is 0 Å². The third kappa shape index (κ3) is 2.04. The van der Waals surface area contributed by atoms with Gasteiger partial charge in [-0.05, 0) is 31.1 Å². The van der Waals surface area contributed by atoms with Gasteiger partial charge in [0.05, 0.1) is 17.6 Å². The fourth-order valence-electron chi connectivity index (χ4n) is 7.33. The number of aliphatic hydroxyl groups is 2. The summed E-state index contributed by atoms with van der Waals surface area (Å²) in [7, 11) is 0.